The summed E-state index contributed by atoms with van der Waals surface area (Å²) < 4.78 is 75.0. The number of carbonyl (C=O) groups is 1. The van der Waals surface area contributed by atoms with Gasteiger partial charge >= 0.3 is 12.4 Å². The van der Waals surface area contributed by atoms with Gasteiger partial charge in [0.25, 0.3) is 5.56 Å². The molecule has 0 bridgehead atoms. The van der Waals surface area contributed by atoms with Crippen molar-refractivity contribution in [3.05, 3.63) is 51.9 Å². The molecule has 1 heterocycles. The van der Waals surface area contributed by atoms with E-state index < -0.39 is 46.0 Å². The van der Waals surface area contributed by atoms with Crippen molar-refractivity contribution < 1.29 is 31.1 Å². The molecule has 0 aliphatic rings. The van der Waals surface area contributed by atoms with Crippen LogP contribution in [0.5, 0.6) is 0 Å². The van der Waals surface area contributed by atoms with Crippen LogP contribution >= 0.6 is 11.8 Å². The predicted octanol–water partition coefficient (Wildman–Crippen LogP) is 3.54. The molecule has 0 saturated carbocycles. The summed E-state index contributed by atoms with van der Waals surface area (Å²) in [6.45, 7) is 0. The molecule has 0 aliphatic heterocycles. The van der Waals surface area contributed by atoms with E-state index >= 15 is 0 Å². The summed E-state index contributed by atoms with van der Waals surface area (Å²) >= 11 is 0.541. The molecular weight excluding hydrogens is 388 g/mol. The van der Waals surface area contributed by atoms with Crippen molar-refractivity contribution >= 4 is 23.4 Å². The standard InChI is InChI=1S/C14H9F6N3O2S/c15-13(16,17)7-1-3-8(4-2-7)21-11(25)6-26-12-22-9(14(18,19)20)5-10(24)23-12/h1-5H,6H2,(H,21,25)(H,22,23,24). The fraction of sp³-hybridized carbons (Fsp3) is 0.214. The smallest absolute Gasteiger partial charge is 0.325 e. The number of alkyl halides is 6. The number of halogens is 6. The highest BCUT2D eigenvalue weighted by atomic mass is 32.2. The third kappa shape index (κ3) is 5.51. The number of carbonyl (C=O) groups excluding carboxylic acids is 1. The van der Waals surface area contributed by atoms with Gasteiger partial charge in [-0.3, -0.25) is 9.59 Å². The van der Waals surface area contributed by atoms with Gasteiger partial charge in [-0.05, 0) is 24.3 Å². The first-order valence-corrected chi connectivity index (χ1v) is 7.72. The molecule has 0 saturated heterocycles. The molecule has 5 nitrogen and oxygen atoms in total. The van der Waals surface area contributed by atoms with Gasteiger partial charge in [0.2, 0.25) is 5.91 Å². The summed E-state index contributed by atoms with van der Waals surface area (Å²) in [5, 5.41) is 1.87. The Hall–Kier alpha value is -2.50. The Morgan fingerprint density at radius 3 is 2.23 bits per heavy atom. The normalized spacial score (nSPS) is 12.1. The van der Waals surface area contributed by atoms with Crippen LogP contribution in [-0.4, -0.2) is 21.6 Å². The Kier molecular flexibility index (Phi) is 5.64. The molecule has 1 amide bonds. The largest absolute Gasteiger partial charge is 0.433 e. The van der Waals surface area contributed by atoms with Gasteiger partial charge in [0, 0.05) is 11.8 Å². The highest BCUT2D eigenvalue weighted by Gasteiger charge is 2.33. The third-order valence-electron chi connectivity index (χ3n) is 2.85. The average molecular weight is 397 g/mol. The number of rotatable bonds is 4. The first-order chi connectivity index (χ1) is 11.9. The second kappa shape index (κ2) is 7.40. The highest BCUT2D eigenvalue weighted by molar-refractivity contribution is 7.99. The molecule has 0 atom stereocenters. The van der Waals surface area contributed by atoms with Gasteiger partial charge < -0.3 is 10.3 Å². The van der Waals surface area contributed by atoms with E-state index in [2.05, 4.69) is 15.3 Å². The Labute approximate surface area is 145 Å². The van der Waals surface area contributed by atoms with Crippen LogP contribution in [0.3, 0.4) is 0 Å². The van der Waals surface area contributed by atoms with Gasteiger partial charge in [-0.25, -0.2) is 4.98 Å². The SMILES string of the molecule is O=C(CSc1nc(C(F)(F)F)cc(=O)[nH]1)Nc1ccc(C(F)(F)F)cc1. The number of hydrogen-bond donors (Lipinski definition) is 2. The molecule has 0 aliphatic carbocycles. The minimum Gasteiger partial charge on any atom is -0.325 e. The fourth-order valence-electron chi connectivity index (χ4n) is 1.72. The van der Waals surface area contributed by atoms with Crippen molar-refractivity contribution in [3.63, 3.8) is 0 Å². The molecule has 1 aromatic heterocycles. The molecule has 2 N–H and O–H groups in total. The molecule has 2 aromatic rings. The predicted molar refractivity (Wildman–Crippen MR) is 80.7 cm³/mol. The van der Waals surface area contributed by atoms with Gasteiger partial charge in [-0.2, -0.15) is 26.3 Å². The van der Waals surface area contributed by atoms with Gasteiger partial charge in [0.1, 0.15) is 0 Å². The number of benzene rings is 1. The van der Waals surface area contributed by atoms with Crippen molar-refractivity contribution in [2.24, 2.45) is 0 Å². The molecule has 0 spiro atoms. The van der Waals surface area contributed by atoms with E-state index in [1.807, 2.05) is 0 Å². The number of nitrogens with zero attached hydrogens (tertiary/aromatic N) is 1. The zero-order chi connectivity index (χ0) is 19.5. The molecular formula is C14H9F6N3O2S. The van der Waals surface area contributed by atoms with Crippen molar-refractivity contribution in [2.45, 2.75) is 17.5 Å². The zero-order valence-electron chi connectivity index (χ0n) is 12.5. The lowest BCUT2D eigenvalue weighted by Gasteiger charge is -2.09. The van der Waals surface area contributed by atoms with E-state index in [0.29, 0.717) is 11.8 Å². The van der Waals surface area contributed by atoms with Crippen LogP contribution in [0, 0.1) is 0 Å². The second-order valence-corrected chi connectivity index (χ2v) is 5.81. The Morgan fingerprint density at radius 2 is 1.69 bits per heavy atom. The second-order valence-electron chi connectivity index (χ2n) is 4.85. The summed E-state index contributed by atoms with van der Waals surface area (Å²) in [5.74, 6) is -1.11. The Balaban J connectivity index is 1.99. The topological polar surface area (TPSA) is 74.8 Å². The van der Waals surface area contributed by atoms with Gasteiger partial charge in [0.05, 0.1) is 11.3 Å². The first kappa shape index (κ1) is 19.8. The number of hydrogen-bond acceptors (Lipinski definition) is 4. The molecule has 0 fully saturated rings. The van der Waals surface area contributed by atoms with E-state index in [1.165, 1.54) is 0 Å². The maximum atomic E-state index is 12.6. The monoisotopic (exact) mass is 397 g/mol. The van der Waals surface area contributed by atoms with Gasteiger partial charge in [-0.15, -0.1) is 0 Å². The van der Waals surface area contributed by atoms with Crippen molar-refractivity contribution in [1.82, 2.24) is 9.97 Å². The average Bonchev–Trinajstić information content (AvgIpc) is 2.51. The summed E-state index contributed by atoms with van der Waals surface area (Å²) in [7, 11) is 0. The molecule has 2 rings (SSSR count). The van der Waals surface area contributed by atoms with Crippen LogP contribution in [0.1, 0.15) is 11.3 Å². The maximum absolute atomic E-state index is 12.6. The molecule has 140 valence electrons. The van der Waals surface area contributed by atoms with E-state index in [-0.39, 0.29) is 11.8 Å². The summed E-state index contributed by atoms with van der Waals surface area (Å²) in [5.41, 5.74) is -3.24. The van der Waals surface area contributed by atoms with Crippen molar-refractivity contribution in [1.29, 1.82) is 0 Å². The van der Waals surface area contributed by atoms with E-state index in [9.17, 15) is 35.9 Å². The molecule has 0 radical (unpaired) electrons. The van der Waals surface area contributed by atoms with Gasteiger partial charge in [-0.1, -0.05) is 11.8 Å². The van der Waals surface area contributed by atoms with Crippen LogP contribution in [-0.2, 0) is 17.1 Å². The van der Waals surface area contributed by atoms with Crippen LogP contribution in [0.15, 0.2) is 40.3 Å². The number of H-pyrrole nitrogens is 1. The summed E-state index contributed by atoms with van der Waals surface area (Å²) in [6.07, 6.45) is -9.33. The highest BCUT2D eigenvalue weighted by Crippen LogP contribution is 2.30. The van der Waals surface area contributed by atoms with Crippen LogP contribution < -0.4 is 10.9 Å². The summed E-state index contributed by atoms with van der Waals surface area (Å²) in [6, 6.07) is 3.90. The Morgan fingerprint density at radius 1 is 1.08 bits per heavy atom. The minimum atomic E-state index is -4.81. The molecule has 12 heteroatoms. The quantitative estimate of drug-likeness (QED) is 0.470. The lowest BCUT2D eigenvalue weighted by atomic mass is 10.2. The first-order valence-electron chi connectivity index (χ1n) is 6.73. The fourth-order valence-corrected chi connectivity index (χ4v) is 2.40. The number of aromatic amines is 1. The number of amides is 1. The van der Waals surface area contributed by atoms with Crippen LogP contribution in [0.2, 0.25) is 0 Å². The van der Waals surface area contributed by atoms with E-state index in [0.717, 1.165) is 24.3 Å². The van der Waals surface area contributed by atoms with Crippen LogP contribution in [0.25, 0.3) is 0 Å². The maximum Gasteiger partial charge on any atom is 0.433 e. The lowest BCUT2D eigenvalue weighted by Crippen LogP contribution is -2.18. The zero-order valence-corrected chi connectivity index (χ0v) is 13.4. The van der Waals surface area contributed by atoms with E-state index in [4.69, 9.17) is 0 Å². The number of aromatic nitrogens is 2. The molecule has 26 heavy (non-hydrogen) atoms. The number of nitrogens with one attached hydrogen (secondary N) is 2. The van der Waals surface area contributed by atoms with Crippen molar-refractivity contribution in [3.8, 4) is 0 Å². The molecule has 1 aromatic carbocycles. The Bertz CT molecular complexity index is 845. The number of anilines is 1. The van der Waals surface area contributed by atoms with Gasteiger partial charge in [0.15, 0.2) is 10.9 Å². The third-order valence-corrected chi connectivity index (χ3v) is 3.72. The molecule has 0 unspecified atom stereocenters. The summed E-state index contributed by atoms with van der Waals surface area (Å²) in [4.78, 5) is 28.2. The van der Waals surface area contributed by atoms with Crippen molar-refractivity contribution in [2.75, 3.05) is 11.1 Å². The lowest BCUT2D eigenvalue weighted by molar-refractivity contribution is -0.141. The number of thioether (sulfide) groups is 1. The van der Waals surface area contributed by atoms with E-state index in [1.54, 1.807) is 0 Å². The minimum absolute atomic E-state index is 0.0779. The van der Waals surface area contributed by atoms with Crippen LogP contribution in [0.4, 0.5) is 32.0 Å².